The molecule has 0 saturated heterocycles. The van der Waals surface area contributed by atoms with Crippen LogP contribution < -0.4 is 10.9 Å². The van der Waals surface area contributed by atoms with Crippen LogP contribution >= 0.6 is 0 Å². The summed E-state index contributed by atoms with van der Waals surface area (Å²) in [5.74, 6) is -0.352. The van der Waals surface area contributed by atoms with Crippen LogP contribution in [-0.4, -0.2) is 26.9 Å². The Hall–Kier alpha value is -2.99. The highest BCUT2D eigenvalue weighted by atomic mass is 16.3. The molecule has 0 aliphatic heterocycles. The first-order valence-corrected chi connectivity index (χ1v) is 8.56. The molecule has 1 aliphatic carbocycles. The second-order valence-corrected chi connectivity index (χ2v) is 6.61. The number of carbonyl (C=O) groups excluding carboxylic acids is 1. The van der Waals surface area contributed by atoms with Crippen LogP contribution in [0.25, 0.3) is 10.8 Å². The molecule has 132 valence electrons. The van der Waals surface area contributed by atoms with Gasteiger partial charge in [0.05, 0.1) is 23.2 Å². The fourth-order valence-electron chi connectivity index (χ4n) is 3.61. The first-order valence-electron chi connectivity index (χ1n) is 8.56. The maximum Gasteiger partial charge on any atom is 0.275 e. The Kier molecular flexibility index (Phi) is 4.05. The normalized spacial score (nSPS) is 18.7. The summed E-state index contributed by atoms with van der Waals surface area (Å²) < 4.78 is 1.18. The molecule has 26 heavy (non-hydrogen) atoms. The van der Waals surface area contributed by atoms with Crippen molar-refractivity contribution in [3.63, 3.8) is 0 Å². The lowest BCUT2D eigenvalue weighted by atomic mass is 10.1. The zero-order chi connectivity index (χ0) is 18.3. The van der Waals surface area contributed by atoms with Crippen molar-refractivity contribution in [2.75, 3.05) is 0 Å². The molecule has 6 heteroatoms. The molecule has 1 aliphatic rings. The van der Waals surface area contributed by atoms with Gasteiger partial charge in [0.2, 0.25) is 5.91 Å². The zero-order valence-corrected chi connectivity index (χ0v) is 14.3. The van der Waals surface area contributed by atoms with E-state index in [1.165, 1.54) is 4.68 Å². The predicted octanol–water partition coefficient (Wildman–Crippen LogP) is 1.48. The highest BCUT2D eigenvalue weighted by Gasteiger charge is 2.31. The Morgan fingerprint density at radius 1 is 1.19 bits per heavy atom. The molecule has 1 aromatic heterocycles. The smallest absolute Gasteiger partial charge is 0.275 e. The van der Waals surface area contributed by atoms with E-state index in [-0.39, 0.29) is 18.0 Å². The fraction of sp³-hybridized carbons (Fsp3) is 0.250. The molecule has 6 nitrogen and oxygen atoms in total. The molecule has 0 fully saturated rings. The van der Waals surface area contributed by atoms with Crippen molar-refractivity contribution in [3.05, 3.63) is 75.7 Å². The summed E-state index contributed by atoms with van der Waals surface area (Å²) in [6.07, 6.45) is -0.159. The number of amides is 1. The first-order chi connectivity index (χ1) is 12.5. The number of nitrogens with one attached hydrogen (secondary N) is 1. The molecule has 2 N–H and O–H groups in total. The molecule has 1 amide bonds. The van der Waals surface area contributed by atoms with Gasteiger partial charge >= 0.3 is 0 Å². The number of carbonyl (C=O) groups is 1. The van der Waals surface area contributed by atoms with Crippen molar-refractivity contribution < 1.29 is 9.90 Å². The summed E-state index contributed by atoms with van der Waals surface area (Å²) >= 11 is 0. The van der Waals surface area contributed by atoms with Gasteiger partial charge in [-0.3, -0.25) is 9.59 Å². The average Bonchev–Trinajstić information content (AvgIpc) is 2.95. The zero-order valence-electron chi connectivity index (χ0n) is 14.3. The van der Waals surface area contributed by atoms with Crippen molar-refractivity contribution >= 4 is 16.7 Å². The summed E-state index contributed by atoms with van der Waals surface area (Å²) in [5, 5.41) is 18.7. The minimum absolute atomic E-state index is 0.185. The van der Waals surface area contributed by atoms with Gasteiger partial charge in [0, 0.05) is 11.8 Å². The lowest BCUT2D eigenvalue weighted by Crippen LogP contribution is -2.38. The maximum atomic E-state index is 12.6. The van der Waals surface area contributed by atoms with Crippen LogP contribution in [0.5, 0.6) is 0 Å². The van der Waals surface area contributed by atoms with Crippen LogP contribution in [0.3, 0.4) is 0 Å². The van der Waals surface area contributed by atoms with E-state index in [0.29, 0.717) is 17.5 Å². The summed E-state index contributed by atoms with van der Waals surface area (Å²) in [6.45, 7) is 1.63. The molecule has 0 bridgehead atoms. The Morgan fingerprint density at radius 3 is 2.69 bits per heavy atom. The Labute approximate surface area is 150 Å². The second kappa shape index (κ2) is 6.38. The van der Waals surface area contributed by atoms with E-state index in [4.69, 9.17) is 0 Å². The molecule has 2 atom stereocenters. The Morgan fingerprint density at radius 2 is 1.88 bits per heavy atom. The Balaban J connectivity index is 1.59. The topological polar surface area (TPSA) is 84.2 Å². The number of aliphatic hydroxyl groups is 1. The number of fused-ring (bicyclic) bond motifs is 2. The summed E-state index contributed by atoms with van der Waals surface area (Å²) in [4.78, 5) is 25.1. The van der Waals surface area contributed by atoms with Gasteiger partial charge in [-0.15, -0.1) is 0 Å². The number of hydrogen-bond acceptors (Lipinski definition) is 4. The molecular formula is C20H19N3O3. The summed E-state index contributed by atoms with van der Waals surface area (Å²) in [6, 6.07) is 14.4. The molecule has 2 aromatic carbocycles. The highest BCUT2D eigenvalue weighted by molar-refractivity contribution is 5.83. The average molecular weight is 349 g/mol. The van der Waals surface area contributed by atoms with Crippen molar-refractivity contribution in [1.82, 2.24) is 15.1 Å². The number of aromatic nitrogens is 2. The van der Waals surface area contributed by atoms with E-state index in [1.54, 1.807) is 12.1 Å². The SMILES string of the molecule is Cc1nn(CC(=O)N[C@@H]2c3ccccc3C[C@@H]2O)c(=O)c2ccccc12. The lowest BCUT2D eigenvalue weighted by Gasteiger charge is -2.18. The van der Waals surface area contributed by atoms with Gasteiger partial charge in [-0.1, -0.05) is 42.5 Å². The summed E-state index contributed by atoms with van der Waals surface area (Å²) in [5.41, 5.74) is 2.35. The van der Waals surface area contributed by atoms with Crippen LogP contribution in [-0.2, 0) is 17.8 Å². The third-order valence-electron chi connectivity index (χ3n) is 4.87. The van der Waals surface area contributed by atoms with Crippen LogP contribution in [0.2, 0.25) is 0 Å². The van der Waals surface area contributed by atoms with Gasteiger partial charge in [0.15, 0.2) is 0 Å². The number of benzene rings is 2. The van der Waals surface area contributed by atoms with Crippen molar-refractivity contribution in [3.8, 4) is 0 Å². The van der Waals surface area contributed by atoms with Gasteiger partial charge in [0.1, 0.15) is 6.54 Å². The van der Waals surface area contributed by atoms with Crippen LogP contribution in [0.4, 0.5) is 0 Å². The van der Waals surface area contributed by atoms with Crippen LogP contribution in [0.15, 0.2) is 53.3 Å². The van der Waals surface area contributed by atoms with Crippen LogP contribution in [0.1, 0.15) is 22.9 Å². The quantitative estimate of drug-likeness (QED) is 0.750. The highest BCUT2D eigenvalue weighted by Crippen LogP contribution is 2.31. The molecule has 1 heterocycles. The third kappa shape index (κ3) is 2.78. The number of aryl methyl sites for hydroxylation is 1. The number of rotatable bonds is 3. The van der Waals surface area contributed by atoms with Gasteiger partial charge in [-0.05, 0) is 24.1 Å². The van der Waals surface area contributed by atoms with E-state index in [0.717, 1.165) is 16.5 Å². The van der Waals surface area contributed by atoms with Crippen molar-refractivity contribution in [2.45, 2.75) is 32.0 Å². The molecule has 0 saturated carbocycles. The van der Waals surface area contributed by atoms with Crippen LogP contribution in [0, 0.1) is 6.92 Å². The van der Waals surface area contributed by atoms with E-state index >= 15 is 0 Å². The van der Waals surface area contributed by atoms with E-state index < -0.39 is 12.1 Å². The van der Waals surface area contributed by atoms with Crippen molar-refractivity contribution in [2.24, 2.45) is 0 Å². The predicted molar refractivity (Wildman–Crippen MR) is 97.8 cm³/mol. The number of aliphatic hydroxyl groups excluding tert-OH is 1. The molecule has 0 radical (unpaired) electrons. The number of hydrogen-bond donors (Lipinski definition) is 2. The number of nitrogens with zero attached hydrogens (tertiary/aromatic N) is 2. The Bertz CT molecular complexity index is 1060. The maximum absolute atomic E-state index is 12.6. The van der Waals surface area contributed by atoms with Gasteiger partial charge in [-0.25, -0.2) is 4.68 Å². The molecule has 4 rings (SSSR count). The molecule has 3 aromatic rings. The molecular weight excluding hydrogens is 330 g/mol. The van der Waals surface area contributed by atoms with Gasteiger partial charge in [0.25, 0.3) is 5.56 Å². The molecule has 0 spiro atoms. The third-order valence-corrected chi connectivity index (χ3v) is 4.87. The van der Waals surface area contributed by atoms with Crippen molar-refractivity contribution in [1.29, 1.82) is 0 Å². The van der Waals surface area contributed by atoms with E-state index in [9.17, 15) is 14.7 Å². The first kappa shape index (κ1) is 16.5. The van der Waals surface area contributed by atoms with Gasteiger partial charge < -0.3 is 10.4 Å². The monoisotopic (exact) mass is 349 g/mol. The largest absolute Gasteiger partial charge is 0.390 e. The minimum atomic E-state index is -0.667. The van der Waals surface area contributed by atoms with Gasteiger partial charge in [-0.2, -0.15) is 5.10 Å². The molecule has 0 unspecified atom stereocenters. The van der Waals surface area contributed by atoms with E-state index in [1.807, 2.05) is 43.3 Å². The minimum Gasteiger partial charge on any atom is -0.390 e. The van der Waals surface area contributed by atoms with E-state index in [2.05, 4.69) is 10.4 Å². The lowest BCUT2D eigenvalue weighted by molar-refractivity contribution is -0.123. The summed E-state index contributed by atoms with van der Waals surface area (Å²) in [7, 11) is 0. The fourth-order valence-corrected chi connectivity index (χ4v) is 3.61. The standard InChI is InChI=1S/C20H19N3O3/c1-12-14-7-4-5-9-16(14)20(26)23(22-12)11-18(25)21-19-15-8-3-2-6-13(15)10-17(19)24/h2-9,17,19,24H,10-11H2,1H3,(H,21,25)/t17-,19+/m0/s1. The second-order valence-electron chi connectivity index (χ2n) is 6.61.